The molecule has 1 fully saturated rings. The molecule has 1 aliphatic heterocycles. The van der Waals surface area contributed by atoms with Crippen molar-refractivity contribution in [3.63, 3.8) is 0 Å². The van der Waals surface area contributed by atoms with E-state index in [1.165, 1.54) is 4.90 Å². The first-order valence-electron chi connectivity index (χ1n) is 6.05. The van der Waals surface area contributed by atoms with Crippen LogP contribution in [0, 0.1) is 0 Å². The Bertz CT molecular complexity index is 328. The largest absolute Gasteiger partial charge is 0.479 e. The van der Waals surface area contributed by atoms with Crippen LogP contribution in [0.15, 0.2) is 0 Å². The van der Waals surface area contributed by atoms with Crippen LogP contribution in [-0.2, 0) is 14.3 Å². The zero-order valence-electron chi connectivity index (χ0n) is 11.4. The van der Waals surface area contributed by atoms with E-state index in [0.717, 1.165) is 0 Å². The third kappa shape index (κ3) is 2.93. The molecular weight excluding hydrogens is 238 g/mol. The molecule has 104 valence electrons. The molecule has 6 nitrogen and oxygen atoms in total. The van der Waals surface area contributed by atoms with Gasteiger partial charge in [-0.25, -0.2) is 9.59 Å². The number of carbonyl (C=O) groups excluding carboxylic acids is 1. The molecule has 0 aromatic rings. The van der Waals surface area contributed by atoms with E-state index in [0.29, 0.717) is 6.61 Å². The maximum absolute atomic E-state index is 12.1. The number of hydrogen-bond donors (Lipinski definition) is 1. The zero-order valence-corrected chi connectivity index (χ0v) is 11.4. The van der Waals surface area contributed by atoms with Crippen LogP contribution in [0.3, 0.4) is 0 Å². The summed E-state index contributed by atoms with van der Waals surface area (Å²) in [5.41, 5.74) is -1.94. The second-order valence-electron chi connectivity index (χ2n) is 5.36. The summed E-state index contributed by atoms with van der Waals surface area (Å²) in [6.45, 7) is 7.59. The summed E-state index contributed by atoms with van der Waals surface area (Å²) in [4.78, 5) is 24.8. The Morgan fingerprint density at radius 1 is 1.44 bits per heavy atom. The number of aliphatic carboxylic acids is 1. The highest BCUT2D eigenvalue weighted by Crippen LogP contribution is 2.28. The molecule has 1 aliphatic rings. The molecule has 0 saturated carbocycles. The third-order valence-corrected chi connectivity index (χ3v) is 2.85. The lowest BCUT2D eigenvalue weighted by Gasteiger charge is -2.36. The SMILES string of the molecule is CCN(C(=O)OC(C)(C)C)C1(C(=O)O)CCOC1. The first-order valence-corrected chi connectivity index (χ1v) is 6.05. The molecule has 1 heterocycles. The van der Waals surface area contributed by atoms with Crippen LogP contribution in [0.25, 0.3) is 0 Å². The third-order valence-electron chi connectivity index (χ3n) is 2.85. The van der Waals surface area contributed by atoms with E-state index < -0.39 is 23.2 Å². The number of carboxylic acids is 1. The van der Waals surface area contributed by atoms with Gasteiger partial charge in [-0.15, -0.1) is 0 Å². The van der Waals surface area contributed by atoms with Gasteiger partial charge >= 0.3 is 12.1 Å². The maximum Gasteiger partial charge on any atom is 0.411 e. The van der Waals surface area contributed by atoms with Gasteiger partial charge in [-0.1, -0.05) is 0 Å². The van der Waals surface area contributed by atoms with Crippen LogP contribution < -0.4 is 0 Å². The van der Waals surface area contributed by atoms with E-state index in [-0.39, 0.29) is 19.6 Å². The highest BCUT2D eigenvalue weighted by molar-refractivity contribution is 5.85. The Kier molecular flexibility index (Phi) is 4.21. The molecular formula is C12H21NO5. The summed E-state index contributed by atoms with van der Waals surface area (Å²) in [6, 6.07) is 0. The van der Waals surface area contributed by atoms with Crippen LogP contribution in [0.4, 0.5) is 4.79 Å². The molecule has 1 N–H and O–H groups in total. The van der Waals surface area contributed by atoms with E-state index in [2.05, 4.69) is 0 Å². The van der Waals surface area contributed by atoms with Crippen molar-refractivity contribution in [3.05, 3.63) is 0 Å². The predicted octanol–water partition coefficient (Wildman–Crippen LogP) is 1.49. The van der Waals surface area contributed by atoms with Crippen molar-refractivity contribution < 1.29 is 24.2 Å². The van der Waals surface area contributed by atoms with Crippen molar-refractivity contribution in [2.75, 3.05) is 19.8 Å². The molecule has 1 rings (SSSR count). The molecule has 0 spiro atoms. The fourth-order valence-corrected chi connectivity index (χ4v) is 1.97. The number of amides is 1. The average Bonchev–Trinajstić information content (AvgIpc) is 2.66. The lowest BCUT2D eigenvalue weighted by atomic mass is 9.97. The molecule has 1 unspecified atom stereocenters. The van der Waals surface area contributed by atoms with Crippen LogP contribution in [0.1, 0.15) is 34.1 Å². The van der Waals surface area contributed by atoms with Crippen LogP contribution in [0.5, 0.6) is 0 Å². The minimum absolute atomic E-state index is 0.00934. The van der Waals surface area contributed by atoms with Gasteiger partial charge in [-0.3, -0.25) is 4.90 Å². The molecule has 0 aliphatic carbocycles. The van der Waals surface area contributed by atoms with E-state index >= 15 is 0 Å². The Labute approximate surface area is 107 Å². The summed E-state index contributed by atoms with van der Waals surface area (Å²) >= 11 is 0. The molecule has 0 aromatic carbocycles. The Morgan fingerprint density at radius 2 is 2.06 bits per heavy atom. The van der Waals surface area contributed by atoms with Gasteiger partial charge in [0.1, 0.15) is 5.60 Å². The summed E-state index contributed by atoms with van der Waals surface area (Å²) in [5, 5.41) is 9.38. The van der Waals surface area contributed by atoms with Crippen LogP contribution in [0.2, 0.25) is 0 Å². The Balaban J connectivity index is 2.93. The van der Waals surface area contributed by atoms with Crippen molar-refractivity contribution in [3.8, 4) is 0 Å². The maximum atomic E-state index is 12.1. The lowest BCUT2D eigenvalue weighted by Crippen LogP contribution is -2.58. The Hall–Kier alpha value is -1.30. The first-order chi connectivity index (χ1) is 8.23. The highest BCUT2D eigenvalue weighted by Gasteiger charge is 2.50. The number of rotatable bonds is 3. The smallest absolute Gasteiger partial charge is 0.411 e. The summed E-state index contributed by atoms with van der Waals surface area (Å²) in [6.07, 6.45) is -0.326. The summed E-state index contributed by atoms with van der Waals surface area (Å²) < 4.78 is 10.4. The molecule has 6 heteroatoms. The van der Waals surface area contributed by atoms with Crippen molar-refractivity contribution in [1.82, 2.24) is 4.90 Å². The molecule has 0 bridgehead atoms. The van der Waals surface area contributed by atoms with Crippen molar-refractivity contribution in [2.45, 2.75) is 45.3 Å². The van der Waals surface area contributed by atoms with Gasteiger partial charge < -0.3 is 14.6 Å². The van der Waals surface area contributed by atoms with Gasteiger partial charge in [0.05, 0.1) is 6.61 Å². The number of hydrogen-bond acceptors (Lipinski definition) is 4. The summed E-state index contributed by atoms with van der Waals surface area (Å²) in [5.74, 6) is -1.05. The van der Waals surface area contributed by atoms with Gasteiger partial charge in [0.2, 0.25) is 0 Å². The van der Waals surface area contributed by atoms with Gasteiger partial charge in [0.15, 0.2) is 5.54 Å². The van der Waals surface area contributed by atoms with Gasteiger partial charge in [0, 0.05) is 19.6 Å². The second kappa shape index (κ2) is 5.14. The van der Waals surface area contributed by atoms with Crippen LogP contribution >= 0.6 is 0 Å². The fraction of sp³-hybridized carbons (Fsp3) is 0.833. The molecule has 0 radical (unpaired) electrons. The number of likely N-dealkylation sites (N-methyl/N-ethyl adjacent to an activating group) is 1. The van der Waals surface area contributed by atoms with Crippen molar-refractivity contribution in [2.24, 2.45) is 0 Å². The number of carboxylic acid groups (broad SMARTS) is 1. The molecule has 1 atom stereocenters. The highest BCUT2D eigenvalue weighted by atomic mass is 16.6. The van der Waals surface area contributed by atoms with Crippen molar-refractivity contribution >= 4 is 12.1 Å². The Morgan fingerprint density at radius 3 is 2.39 bits per heavy atom. The molecule has 1 saturated heterocycles. The van der Waals surface area contributed by atoms with Crippen molar-refractivity contribution in [1.29, 1.82) is 0 Å². The molecule has 1 amide bonds. The summed E-state index contributed by atoms with van der Waals surface area (Å²) in [7, 11) is 0. The minimum Gasteiger partial charge on any atom is -0.479 e. The van der Waals surface area contributed by atoms with Crippen LogP contribution in [-0.4, -0.2) is 53.0 Å². The predicted molar refractivity (Wildman–Crippen MR) is 64.4 cm³/mol. The molecule has 18 heavy (non-hydrogen) atoms. The van der Waals surface area contributed by atoms with Gasteiger partial charge in [-0.05, 0) is 27.7 Å². The zero-order chi connectivity index (χ0) is 14.0. The number of ether oxygens (including phenoxy) is 2. The monoisotopic (exact) mass is 259 g/mol. The lowest BCUT2D eigenvalue weighted by molar-refractivity contribution is -0.151. The topological polar surface area (TPSA) is 76.1 Å². The normalized spacial score (nSPS) is 23.8. The number of carbonyl (C=O) groups is 2. The van der Waals surface area contributed by atoms with Gasteiger partial charge in [0.25, 0.3) is 0 Å². The van der Waals surface area contributed by atoms with E-state index in [1.54, 1.807) is 27.7 Å². The van der Waals surface area contributed by atoms with E-state index in [9.17, 15) is 14.7 Å². The molecule has 0 aromatic heterocycles. The van der Waals surface area contributed by atoms with Gasteiger partial charge in [-0.2, -0.15) is 0 Å². The quantitative estimate of drug-likeness (QED) is 0.831. The standard InChI is InChI=1S/C12H21NO5/c1-5-13(10(16)18-11(2,3)4)12(9(14)15)6-7-17-8-12/h5-8H2,1-4H3,(H,14,15). The minimum atomic E-state index is -1.29. The van der Waals surface area contributed by atoms with E-state index in [4.69, 9.17) is 9.47 Å². The van der Waals surface area contributed by atoms with E-state index in [1.807, 2.05) is 0 Å². The second-order valence-corrected chi connectivity index (χ2v) is 5.36. The number of nitrogens with zero attached hydrogens (tertiary/aromatic N) is 1. The fourth-order valence-electron chi connectivity index (χ4n) is 1.97. The average molecular weight is 259 g/mol. The first kappa shape index (κ1) is 14.8.